The smallest absolute Gasteiger partial charge is 0.134 e. The van der Waals surface area contributed by atoms with Gasteiger partial charge in [0.2, 0.25) is 0 Å². The molecule has 1 aliphatic rings. The summed E-state index contributed by atoms with van der Waals surface area (Å²) in [6.07, 6.45) is 6.04. The van der Waals surface area contributed by atoms with Crippen molar-refractivity contribution in [3.8, 4) is 5.75 Å². The number of nitrogens with one attached hydrogen (secondary N) is 1. The van der Waals surface area contributed by atoms with Crippen molar-refractivity contribution in [1.82, 2.24) is 9.97 Å². The summed E-state index contributed by atoms with van der Waals surface area (Å²) in [6.45, 7) is 4.97. The maximum absolute atomic E-state index is 5.42. The normalized spacial score (nSPS) is 14.9. The van der Waals surface area contributed by atoms with E-state index in [4.69, 9.17) is 4.74 Å². The molecule has 1 fully saturated rings. The first-order chi connectivity index (χ1) is 12.3. The molecule has 0 unspecified atom stereocenters. The zero-order valence-corrected chi connectivity index (χ0v) is 15.3. The molecule has 0 radical (unpaired) electrons. The molecule has 2 heterocycles. The third kappa shape index (κ3) is 4.84. The summed E-state index contributed by atoms with van der Waals surface area (Å²) in [5.41, 5.74) is 1.20. The van der Waals surface area contributed by atoms with Gasteiger partial charge in [0.15, 0.2) is 0 Å². The number of aromatic nitrogens is 2. The van der Waals surface area contributed by atoms with Gasteiger partial charge in [0.05, 0.1) is 7.11 Å². The van der Waals surface area contributed by atoms with Crippen molar-refractivity contribution in [2.75, 3.05) is 37.0 Å². The number of benzene rings is 1. The van der Waals surface area contributed by atoms with Gasteiger partial charge in [0.25, 0.3) is 0 Å². The van der Waals surface area contributed by atoms with Crippen molar-refractivity contribution in [2.45, 2.75) is 39.0 Å². The van der Waals surface area contributed by atoms with Crippen molar-refractivity contribution < 1.29 is 4.74 Å². The van der Waals surface area contributed by atoms with Crippen LogP contribution in [0.1, 0.15) is 37.1 Å². The number of hydrogen-bond acceptors (Lipinski definition) is 5. The molecule has 1 aromatic heterocycles. The largest absolute Gasteiger partial charge is 0.496 e. The summed E-state index contributed by atoms with van der Waals surface area (Å²) in [5.74, 6) is 3.71. The highest BCUT2D eigenvalue weighted by atomic mass is 16.5. The zero-order valence-electron chi connectivity index (χ0n) is 15.3. The molecule has 25 heavy (non-hydrogen) atoms. The third-order valence-corrected chi connectivity index (χ3v) is 4.65. The van der Waals surface area contributed by atoms with E-state index in [9.17, 15) is 0 Å². The van der Waals surface area contributed by atoms with Gasteiger partial charge in [0.1, 0.15) is 23.2 Å². The van der Waals surface area contributed by atoms with E-state index in [1.807, 2.05) is 25.1 Å². The predicted octanol–water partition coefficient (Wildman–Crippen LogP) is 3.83. The third-order valence-electron chi connectivity index (χ3n) is 4.65. The predicted molar refractivity (Wildman–Crippen MR) is 103 cm³/mol. The minimum Gasteiger partial charge on any atom is -0.496 e. The molecule has 0 bridgehead atoms. The molecule has 0 amide bonds. The summed E-state index contributed by atoms with van der Waals surface area (Å²) in [5, 5.41) is 3.45. The van der Waals surface area contributed by atoms with Crippen LogP contribution in [-0.4, -0.2) is 36.7 Å². The van der Waals surface area contributed by atoms with Crippen molar-refractivity contribution in [3.05, 3.63) is 41.7 Å². The second-order valence-electron chi connectivity index (χ2n) is 6.55. The molecule has 0 aliphatic carbocycles. The first-order valence-corrected chi connectivity index (χ1v) is 9.22. The highest BCUT2D eigenvalue weighted by molar-refractivity contribution is 5.49. The topological polar surface area (TPSA) is 50.3 Å². The van der Waals surface area contributed by atoms with Gasteiger partial charge in [-0.2, -0.15) is 0 Å². The maximum atomic E-state index is 5.42. The van der Waals surface area contributed by atoms with Gasteiger partial charge in [0, 0.05) is 25.7 Å². The van der Waals surface area contributed by atoms with Crippen molar-refractivity contribution in [1.29, 1.82) is 0 Å². The Kier molecular flexibility index (Phi) is 6.09. The minimum atomic E-state index is 0.816. The van der Waals surface area contributed by atoms with Gasteiger partial charge in [-0.3, -0.25) is 0 Å². The molecule has 3 rings (SSSR count). The van der Waals surface area contributed by atoms with Crippen LogP contribution in [0.3, 0.4) is 0 Å². The number of para-hydroxylation sites is 1. The monoisotopic (exact) mass is 340 g/mol. The number of anilines is 2. The molecule has 0 spiro atoms. The molecule has 0 saturated carbocycles. The molecule has 5 nitrogen and oxygen atoms in total. The van der Waals surface area contributed by atoms with Gasteiger partial charge in [-0.15, -0.1) is 0 Å². The lowest BCUT2D eigenvalue weighted by atomic mass is 10.1. The van der Waals surface area contributed by atoms with Crippen LogP contribution in [0.2, 0.25) is 0 Å². The molecule has 2 aromatic rings. The van der Waals surface area contributed by atoms with Gasteiger partial charge in [-0.05, 0) is 37.8 Å². The average Bonchev–Trinajstić information content (AvgIpc) is 2.91. The SMILES string of the molecule is COc1ccccc1CCNc1cc(N2CCCCCC2)nc(C)n1. The summed E-state index contributed by atoms with van der Waals surface area (Å²) < 4.78 is 5.42. The highest BCUT2D eigenvalue weighted by Gasteiger charge is 2.13. The molecule has 1 aromatic carbocycles. The Balaban J connectivity index is 1.64. The highest BCUT2D eigenvalue weighted by Crippen LogP contribution is 2.21. The van der Waals surface area contributed by atoms with Crippen LogP contribution < -0.4 is 15.0 Å². The molecular weight excluding hydrogens is 312 g/mol. The lowest BCUT2D eigenvalue weighted by molar-refractivity contribution is 0.410. The lowest BCUT2D eigenvalue weighted by Gasteiger charge is -2.22. The summed E-state index contributed by atoms with van der Waals surface area (Å²) in [7, 11) is 1.72. The van der Waals surface area contributed by atoms with E-state index >= 15 is 0 Å². The Bertz CT molecular complexity index is 681. The average molecular weight is 340 g/mol. The van der Waals surface area contributed by atoms with Gasteiger partial charge in [-0.1, -0.05) is 31.0 Å². The first kappa shape index (κ1) is 17.5. The van der Waals surface area contributed by atoms with E-state index in [1.54, 1.807) is 7.11 Å². The number of rotatable bonds is 6. The second-order valence-corrected chi connectivity index (χ2v) is 6.55. The molecule has 0 atom stereocenters. The first-order valence-electron chi connectivity index (χ1n) is 9.22. The number of hydrogen-bond donors (Lipinski definition) is 1. The fourth-order valence-corrected chi connectivity index (χ4v) is 3.34. The van der Waals surface area contributed by atoms with Gasteiger partial charge >= 0.3 is 0 Å². The van der Waals surface area contributed by atoms with Crippen LogP contribution in [0.5, 0.6) is 5.75 Å². The standard InChI is InChI=1S/C20H28N4O/c1-16-22-19(15-20(23-16)24-13-7-3-4-8-14-24)21-12-11-17-9-5-6-10-18(17)25-2/h5-6,9-10,15H,3-4,7-8,11-14H2,1-2H3,(H,21,22,23). The molecule has 1 saturated heterocycles. The fourth-order valence-electron chi connectivity index (χ4n) is 3.34. The zero-order chi connectivity index (χ0) is 17.5. The quantitative estimate of drug-likeness (QED) is 0.866. The number of ether oxygens (including phenoxy) is 1. The molecular formula is C20H28N4O. The van der Waals surface area contributed by atoms with E-state index in [1.165, 1.54) is 31.2 Å². The summed E-state index contributed by atoms with van der Waals surface area (Å²) in [6, 6.07) is 10.2. The van der Waals surface area contributed by atoms with Crippen molar-refractivity contribution >= 4 is 11.6 Å². The summed E-state index contributed by atoms with van der Waals surface area (Å²) in [4.78, 5) is 11.6. The number of nitrogens with zero attached hydrogens (tertiary/aromatic N) is 3. The Morgan fingerprint density at radius 1 is 1.08 bits per heavy atom. The molecule has 1 N–H and O–H groups in total. The van der Waals surface area contributed by atoms with Gasteiger partial charge < -0.3 is 15.0 Å². The van der Waals surface area contributed by atoms with Crippen molar-refractivity contribution in [2.24, 2.45) is 0 Å². The second kappa shape index (κ2) is 8.70. The van der Waals surface area contributed by atoms with Crippen LogP contribution >= 0.6 is 0 Å². The number of aryl methyl sites for hydroxylation is 1. The molecule has 134 valence electrons. The Morgan fingerprint density at radius 2 is 1.84 bits per heavy atom. The Hall–Kier alpha value is -2.30. The number of methoxy groups -OCH3 is 1. The fraction of sp³-hybridized carbons (Fsp3) is 0.500. The van der Waals surface area contributed by atoms with Crippen LogP contribution in [0.4, 0.5) is 11.6 Å². The van der Waals surface area contributed by atoms with E-state index in [-0.39, 0.29) is 0 Å². The lowest BCUT2D eigenvalue weighted by Crippen LogP contribution is -2.25. The van der Waals surface area contributed by atoms with Crippen LogP contribution in [0, 0.1) is 6.92 Å². The molecule has 1 aliphatic heterocycles. The van der Waals surface area contributed by atoms with Crippen LogP contribution in [-0.2, 0) is 6.42 Å². The van der Waals surface area contributed by atoms with E-state index in [2.05, 4.69) is 32.3 Å². The molecule has 5 heteroatoms. The minimum absolute atomic E-state index is 0.816. The van der Waals surface area contributed by atoms with Crippen molar-refractivity contribution in [3.63, 3.8) is 0 Å². The van der Waals surface area contributed by atoms with E-state index in [0.717, 1.165) is 49.3 Å². The summed E-state index contributed by atoms with van der Waals surface area (Å²) >= 11 is 0. The van der Waals surface area contributed by atoms with Gasteiger partial charge in [-0.25, -0.2) is 9.97 Å². The Labute approximate surface area is 150 Å². The van der Waals surface area contributed by atoms with E-state index in [0.29, 0.717) is 0 Å². The Morgan fingerprint density at radius 3 is 2.60 bits per heavy atom. The van der Waals surface area contributed by atoms with Crippen LogP contribution in [0.15, 0.2) is 30.3 Å². The van der Waals surface area contributed by atoms with Crippen LogP contribution in [0.25, 0.3) is 0 Å². The van der Waals surface area contributed by atoms with E-state index < -0.39 is 0 Å². The maximum Gasteiger partial charge on any atom is 0.134 e.